The van der Waals surface area contributed by atoms with Gasteiger partial charge in [-0.1, -0.05) is 41.9 Å². The lowest BCUT2D eigenvalue weighted by atomic mass is 9.98. The van der Waals surface area contributed by atoms with Crippen molar-refractivity contribution in [3.8, 4) is 0 Å². The minimum atomic E-state index is -0.938. The molecule has 2 aromatic rings. The molecule has 3 aliphatic heterocycles. The summed E-state index contributed by atoms with van der Waals surface area (Å²) in [6.45, 7) is 9.40. The molecule has 5 rings (SSSR count). The third-order valence-corrected chi connectivity index (χ3v) is 9.18. The number of amides is 3. The molecule has 44 heavy (non-hydrogen) atoms. The van der Waals surface area contributed by atoms with Crippen molar-refractivity contribution in [3.63, 3.8) is 0 Å². The Morgan fingerprint density at radius 3 is 2.52 bits per heavy atom. The van der Waals surface area contributed by atoms with Crippen molar-refractivity contribution in [1.29, 1.82) is 0 Å². The Balaban J connectivity index is 1.18. The zero-order chi connectivity index (χ0) is 31.4. The van der Waals surface area contributed by atoms with Gasteiger partial charge < -0.3 is 30.4 Å². The van der Waals surface area contributed by atoms with Crippen LogP contribution in [-0.4, -0.2) is 94.1 Å². The van der Waals surface area contributed by atoms with Gasteiger partial charge in [-0.05, 0) is 69.4 Å². The highest BCUT2D eigenvalue weighted by Gasteiger charge is 2.43. The second-order valence-corrected chi connectivity index (χ2v) is 12.3. The van der Waals surface area contributed by atoms with Crippen molar-refractivity contribution < 1.29 is 19.5 Å². The van der Waals surface area contributed by atoms with Crippen LogP contribution in [0.5, 0.6) is 0 Å². The van der Waals surface area contributed by atoms with Crippen molar-refractivity contribution in [2.24, 2.45) is 0 Å². The average Bonchev–Trinajstić information content (AvgIpc) is 3.32. The predicted octanol–water partition coefficient (Wildman–Crippen LogP) is 4.30. The fraction of sp³-hybridized carbons (Fsp3) is 0.455. The van der Waals surface area contributed by atoms with Crippen LogP contribution in [0.25, 0.3) is 0 Å². The largest absolute Gasteiger partial charge is 0.478 e. The number of aromatic nitrogens is 1. The number of carbonyl (C=O) groups is 3. The van der Waals surface area contributed by atoms with Crippen molar-refractivity contribution in [3.05, 3.63) is 87.4 Å². The number of carboxylic acid groups (broad SMARTS) is 1. The van der Waals surface area contributed by atoms with E-state index in [1.54, 1.807) is 25.1 Å². The zero-order valence-corrected chi connectivity index (χ0v) is 26.3. The van der Waals surface area contributed by atoms with E-state index in [0.717, 1.165) is 49.2 Å². The molecule has 2 atom stereocenters. The Bertz CT molecular complexity index is 1430. The van der Waals surface area contributed by atoms with Crippen LogP contribution < -0.4 is 10.6 Å². The Morgan fingerprint density at radius 1 is 1.16 bits per heavy atom. The van der Waals surface area contributed by atoms with Gasteiger partial charge in [-0.25, -0.2) is 14.6 Å². The number of urea groups is 1. The van der Waals surface area contributed by atoms with Gasteiger partial charge in [-0.3, -0.25) is 4.79 Å². The number of nitrogens with one attached hydrogen (secondary N) is 2. The topological polar surface area (TPSA) is 118 Å². The molecule has 11 heteroatoms. The van der Waals surface area contributed by atoms with Gasteiger partial charge in [0.1, 0.15) is 5.15 Å². The predicted molar refractivity (Wildman–Crippen MR) is 170 cm³/mol. The van der Waals surface area contributed by atoms with Gasteiger partial charge in [0.15, 0.2) is 0 Å². The molecule has 10 nitrogen and oxygen atoms in total. The first kappa shape index (κ1) is 31.5. The van der Waals surface area contributed by atoms with Crippen molar-refractivity contribution in [2.75, 3.05) is 39.3 Å². The number of aliphatic carboxylic acids is 1. The van der Waals surface area contributed by atoms with E-state index in [-0.39, 0.29) is 36.6 Å². The van der Waals surface area contributed by atoms with E-state index in [1.807, 2.05) is 30.0 Å². The molecule has 2 saturated heterocycles. The van der Waals surface area contributed by atoms with Crippen LogP contribution in [0.2, 0.25) is 5.15 Å². The first-order chi connectivity index (χ1) is 21.1. The lowest BCUT2D eigenvalue weighted by molar-refractivity contribution is -0.132. The van der Waals surface area contributed by atoms with Gasteiger partial charge in [0.2, 0.25) is 0 Å². The van der Waals surface area contributed by atoms with Crippen LogP contribution in [0.15, 0.2) is 59.8 Å². The number of piperidine rings is 1. The number of benzene rings is 1. The number of likely N-dealkylation sites (tertiary alicyclic amines) is 1. The molecular formula is C33H41ClN6O4. The van der Waals surface area contributed by atoms with Crippen molar-refractivity contribution in [2.45, 2.75) is 58.2 Å². The van der Waals surface area contributed by atoms with Gasteiger partial charge in [0.25, 0.3) is 5.91 Å². The summed E-state index contributed by atoms with van der Waals surface area (Å²) in [5.41, 5.74) is 4.28. The zero-order valence-electron chi connectivity index (χ0n) is 25.6. The summed E-state index contributed by atoms with van der Waals surface area (Å²) in [6, 6.07) is 12.3. The summed E-state index contributed by atoms with van der Waals surface area (Å²) in [5, 5.41) is 15.8. The second-order valence-electron chi connectivity index (χ2n) is 11.9. The minimum absolute atomic E-state index is 0.0195. The fourth-order valence-electron chi connectivity index (χ4n) is 6.54. The number of dihydropyridines is 1. The molecule has 0 saturated carbocycles. The maximum absolute atomic E-state index is 13.9. The summed E-state index contributed by atoms with van der Waals surface area (Å²) in [5.74, 6) is -1.07. The number of allylic oxidation sites excluding steroid dienone is 2. The molecule has 3 aliphatic rings. The Kier molecular flexibility index (Phi) is 9.90. The smallest absolute Gasteiger partial charge is 0.333 e. The normalized spacial score (nSPS) is 20.2. The molecule has 0 spiro atoms. The molecule has 1 aromatic carbocycles. The standard InChI is InChI=1S/C33H41ClN6O4/c1-21-17-29(34)37-23(3)30(21)31(41)35-14-11-22(2)38-15-12-27(13-16-38)40-28(24-7-5-4-6-8-24)20-39(33(40)44)19-26-10-9-25(18-36-26)32(42)43/h4-10,17,22,27-28,36H,11-16,18-20H2,1-3H3,(H,35,41)(H,42,43)/t22?,28-/m0/s1. The summed E-state index contributed by atoms with van der Waals surface area (Å²) in [4.78, 5) is 48.6. The molecule has 2 fully saturated rings. The van der Waals surface area contributed by atoms with E-state index in [4.69, 9.17) is 11.6 Å². The van der Waals surface area contributed by atoms with Crippen LogP contribution in [0, 0.1) is 13.8 Å². The van der Waals surface area contributed by atoms with Gasteiger partial charge in [0, 0.05) is 50.5 Å². The van der Waals surface area contributed by atoms with Crippen LogP contribution in [-0.2, 0) is 4.79 Å². The quantitative estimate of drug-likeness (QED) is 0.339. The van der Waals surface area contributed by atoms with E-state index in [9.17, 15) is 19.5 Å². The summed E-state index contributed by atoms with van der Waals surface area (Å²) < 4.78 is 0. The maximum Gasteiger partial charge on any atom is 0.333 e. The number of aryl methyl sites for hydroxylation is 2. The lowest BCUT2D eigenvalue weighted by Gasteiger charge is -2.41. The van der Waals surface area contributed by atoms with E-state index < -0.39 is 5.97 Å². The number of hydrogen-bond donors (Lipinski definition) is 3. The number of rotatable bonds is 10. The highest BCUT2D eigenvalue weighted by Crippen LogP contribution is 2.35. The molecule has 1 aromatic heterocycles. The summed E-state index contributed by atoms with van der Waals surface area (Å²) in [6.07, 6.45) is 5.94. The third kappa shape index (κ3) is 7.08. The van der Waals surface area contributed by atoms with Gasteiger partial charge in [0.05, 0.1) is 29.4 Å². The van der Waals surface area contributed by atoms with Gasteiger partial charge >= 0.3 is 12.0 Å². The van der Waals surface area contributed by atoms with Gasteiger partial charge in [-0.15, -0.1) is 0 Å². The van der Waals surface area contributed by atoms with Crippen LogP contribution in [0.3, 0.4) is 0 Å². The molecule has 1 unspecified atom stereocenters. The first-order valence-corrected chi connectivity index (χ1v) is 15.6. The number of carbonyl (C=O) groups excluding carboxylic acids is 2. The SMILES string of the molecule is Cc1cc(Cl)nc(C)c1C(=O)NCCC(C)N1CCC(N2C(=O)N(CC3=CC=C(C(=O)O)CN3)C[C@H]2c2ccccc2)CC1. The van der Waals surface area contributed by atoms with E-state index in [0.29, 0.717) is 41.6 Å². The first-order valence-electron chi connectivity index (χ1n) is 15.3. The maximum atomic E-state index is 13.9. The highest BCUT2D eigenvalue weighted by atomic mass is 35.5. The third-order valence-electron chi connectivity index (χ3n) is 8.99. The molecule has 0 aliphatic carbocycles. The number of carboxylic acids is 1. The highest BCUT2D eigenvalue weighted by molar-refractivity contribution is 6.29. The number of hydrogen-bond acceptors (Lipinski definition) is 6. The van der Waals surface area contributed by atoms with E-state index in [2.05, 4.69) is 44.5 Å². The fourth-order valence-corrected chi connectivity index (χ4v) is 6.83. The molecule has 3 N–H and O–H groups in total. The lowest BCUT2D eigenvalue weighted by Crippen LogP contribution is -2.49. The summed E-state index contributed by atoms with van der Waals surface area (Å²) >= 11 is 6.02. The summed E-state index contributed by atoms with van der Waals surface area (Å²) in [7, 11) is 0. The molecule has 0 bridgehead atoms. The van der Waals surface area contributed by atoms with Crippen LogP contribution in [0.4, 0.5) is 4.79 Å². The molecule has 3 amide bonds. The molecular weight excluding hydrogens is 580 g/mol. The monoisotopic (exact) mass is 620 g/mol. The number of halogens is 1. The van der Waals surface area contributed by atoms with Crippen LogP contribution >= 0.6 is 11.6 Å². The Labute approximate surface area is 263 Å². The average molecular weight is 621 g/mol. The van der Waals surface area contributed by atoms with Crippen LogP contribution in [0.1, 0.15) is 59.4 Å². The second kappa shape index (κ2) is 13.8. The number of pyridine rings is 1. The van der Waals surface area contributed by atoms with E-state index >= 15 is 0 Å². The molecule has 4 heterocycles. The molecule has 234 valence electrons. The Hall–Kier alpha value is -3.89. The minimum Gasteiger partial charge on any atom is -0.478 e. The van der Waals surface area contributed by atoms with E-state index in [1.165, 1.54) is 0 Å². The van der Waals surface area contributed by atoms with Crippen molar-refractivity contribution >= 4 is 29.5 Å². The molecule has 0 radical (unpaired) electrons. The van der Waals surface area contributed by atoms with Gasteiger partial charge in [-0.2, -0.15) is 0 Å². The Morgan fingerprint density at radius 2 is 1.89 bits per heavy atom. The number of nitrogens with zero attached hydrogens (tertiary/aromatic N) is 4. The van der Waals surface area contributed by atoms with Crippen molar-refractivity contribution in [1.82, 2.24) is 30.3 Å².